The Morgan fingerprint density at radius 1 is 1.24 bits per heavy atom. The van der Waals surface area contributed by atoms with Gasteiger partial charge in [0, 0.05) is 25.2 Å². The van der Waals surface area contributed by atoms with Crippen molar-refractivity contribution < 1.29 is 9.90 Å². The van der Waals surface area contributed by atoms with Gasteiger partial charge in [-0.2, -0.15) is 0 Å². The Balaban J connectivity index is 1.79. The molecule has 10 nitrogen and oxygen atoms in total. The minimum atomic E-state index is -0.641. The number of allylic oxidation sites excluding steroid dienone is 1. The maximum Gasteiger partial charge on any atom is 0.332 e. The van der Waals surface area contributed by atoms with Gasteiger partial charge in [0.05, 0.1) is 12.0 Å². The van der Waals surface area contributed by atoms with Crippen molar-refractivity contribution >= 4 is 34.4 Å². The monoisotopic (exact) mass is 416 g/mol. The fourth-order valence-corrected chi connectivity index (χ4v) is 2.87. The second-order valence-corrected chi connectivity index (χ2v) is 6.69. The smallest absolute Gasteiger partial charge is 0.332 e. The molecule has 3 N–H and O–H groups in total. The van der Waals surface area contributed by atoms with Gasteiger partial charge in [0.1, 0.15) is 6.54 Å². The number of aryl methyl sites for hydroxylation is 1. The molecule has 3 rings (SSSR count). The Labute approximate surface area is 168 Å². The molecule has 0 bridgehead atoms. The minimum Gasteiger partial charge on any atom is -0.494 e. The van der Waals surface area contributed by atoms with Crippen LogP contribution in [0.4, 0.5) is 0 Å². The van der Waals surface area contributed by atoms with E-state index in [1.54, 1.807) is 24.3 Å². The molecule has 0 saturated heterocycles. The van der Waals surface area contributed by atoms with Gasteiger partial charge in [-0.05, 0) is 17.7 Å². The van der Waals surface area contributed by atoms with Crippen LogP contribution in [0.15, 0.2) is 52.1 Å². The van der Waals surface area contributed by atoms with E-state index in [1.807, 2.05) is 0 Å². The maximum atomic E-state index is 12.4. The Morgan fingerprint density at radius 3 is 2.55 bits per heavy atom. The number of carbonyl (C=O) groups excluding carboxylic acids is 1. The number of rotatable bonds is 5. The number of halogens is 1. The number of amides is 1. The van der Waals surface area contributed by atoms with E-state index in [4.69, 9.17) is 17.0 Å². The summed E-state index contributed by atoms with van der Waals surface area (Å²) in [5.41, 5.74) is -0.412. The van der Waals surface area contributed by atoms with Crippen molar-refractivity contribution in [2.75, 3.05) is 0 Å². The molecular weight excluding hydrogens is 400 g/mol. The van der Waals surface area contributed by atoms with E-state index >= 15 is 0 Å². The molecule has 2 heterocycles. The van der Waals surface area contributed by atoms with Crippen molar-refractivity contribution in [3.63, 3.8) is 0 Å². The second-order valence-electron chi connectivity index (χ2n) is 6.25. The van der Waals surface area contributed by atoms with Gasteiger partial charge < -0.3 is 15.1 Å². The van der Waals surface area contributed by atoms with E-state index in [0.29, 0.717) is 10.6 Å². The molecule has 11 heteroatoms. The van der Waals surface area contributed by atoms with Crippen molar-refractivity contribution in [3.8, 4) is 0 Å². The highest BCUT2D eigenvalue weighted by Gasteiger charge is 2.16. The molecule has 150 valence electrons. The number of nitrogens with one attached hydrogen (secondary N) is 2. The Morgan fingerprint density at radius 2 is 1.90 bits per heavy atom. The number of hydrogen-bond acceptors (Lipinski definition) is 6. The first-order valence-corrected chi connectivity index (χ1v) is 8.72. The average Bonchev–Trinajstić information content (AvgIpc) is 3.08. The van der Waals surface area contributed by atoms with E-state index < -0.39 is 23.0 Å². The molecule has 0 saturated carbocycles. The molecule has 0 spiro atoms. The van der Waals surface area contributed by atoms with Crippen LogP contribution in [0.1, 0.15) is 5.56 Å². The van der Waals surface area contributed by atoms with Crippen molar-refractivity contribution in [1.82, 2.24) is 24.0 Å². The average molecular weight is 417 g/mol. The summed E-state index contributed by atoms with van der Waals surface area (Å²) < 4.78 is 3.41. The Kier molecular flexibility index (Phi) is 5.37. The molecule has 1 aromatic carbocycles. The van der Waals surface area contributed by atoms with Crippen LogP contribution >= 0.6 is 11.6 Å². The summed E-state index contributed by atoms with van der Waals surface area (Å²) in [6.07, 6.45) is 2.34. The third kappa shape index (κ3) is 3.97. The fraction of sp³-hybridized carbons (Fsp3) is 0.167. The quantitative estimate of drug-likeness (QED) is 0.415. The SMILES string of the molecule is Cn1c(=O)c2c(ncn2CC(=O)N/C(O)=C/C(=N)c2ccc(Cl)cc2)n(C)c1=O. The number of nitrogens with zero attached hydrogens (tertiary/aromatic N) is 4. The number of imidazole rings is 1. The zero-order valence-electron chi connectivity index (χ0n) is 15.5. The first-order valence-electron chi connectivity index (χ1n) is 8.35. The summed E-state index contributed by atoms with van der Waals surface area (Å²) in [5.74, 6) is -1.17. The van der Waals surface area contributed by atoms with E-state index in [1.165, 1.54) is 29.6 Å². The number of aliphatic hydroxyl groups excluding tert-OH is 1. The lowest BCUT2D eigenvalue weighted by atomic mass is 10.1. The van der Waals surface area contributed by atoms with Crippen molar-refractivity contribution in [2.45, 2.75) is 6.54 Å². The highest BCUT2D eigenvalue weighted by Crippen LogP contribution is 2.10. The molecular formula is C18H17ClN6O4. The lowest BCUT2D eigenvalue weighted by Crippen LogP contribution is -2.38. The number of aliphatic hydroxyl groups is 1. The number of carbonyl (C=O) groups is 1. The van der Waals surface area contributed by atoms with Gasteiger partial charge in [-0.1, -0.05) is 23.7 Å². The summed E-state index contributed by atoms with van der Waals surface area (Å²) in [7, 11) is 2.80. The summed E-state index contributed by atoms with van der Waals surface area (Å²) in [6.45, 7) is -0.323. The molecule has 3 aromatic rings. The standard InChI is InChI=1S/C18H17ClN6O4/c1-23-16-15(17(28)24(2)18(23)29)25(9-21-16)8-14(27)22-13(26)7-12(20)10-3-5-11(19)6-4-10/h3-7,9,20,26H,8H2,1-2H3,(H,22,27)/b13-7-,20-12?. The van der Waals surface area contributed by atoms with Gasteiger partial charge in [-0.15, -0.1) is 0 Å². The summed E-state index contributed by atoms with van der Waals surface area (Å²) in [6, 6.07) is 6.42. The molecule has 2 aromatic heterocycles. The number of benzene rings is 1. The van der Waals surface area contributed by atoms with E-state index in [2.05, 4.69) is 10.3 Å². The molecule has 0 aliphatic heterocycles. The number of aromatic nitrogens is 4. The summed E-state index contributed by atoms with van der Waals surface area (Å²) >= 11 is 5.80. The molecule has 29 heavy (non-hydrogen) atoms. The molecule has 0 atom stereocenters. The highest BCUT2D eigenvalue weighted by atomic mass is 35.5. The van der Waals surface area contributed by atoms with Gasteiger partial charge in [0.2, 0.25) is 5.91 Å². The predicted molar refractivity (Wildman–Crippen MR) is 107 cm³/mol. The van der Waals surface area contributed by atoms with Crippen LogP contribution in [0, 0.1) is 5.41 Å². The Hall–Kier alpha value is -3.66. The largest absolute Gasteiger partial charge is 0.494 e. The van der Waals surface area contributed by atoms with Crippen LogP contribution in [-0.2, 0) is 25.4 Å². The van der Waals surface area contributed by atoms with Crippen LogP contribution < -0.4 is 16.6 Å². The zero-order valence-corrected chi connectivity index (χ0v) is 16.3. The third-order valence-corrected chi connectivity index (χ3v) is 4.49. The summed E-state index contributed by atoms with van der Waals surface area (Å²) in [4.78, 5) is 40.6. The minimum absolute atomic E-state index is 0.0311. The molecule has 0 unspecified atom stereocenters. The van der Waals surface area contributed by atoms with Gasteiger partial charge in [0.25, 0.3) is 5.56 Å². The molecule has 0 aliphatic rings. The van der Waals surface area contributed by atoms with Crippen molar-refractivity contribution in [1.29, 1.82) is 5.41 Å². The van der Waals surface area contributed by atoms with E-state index in [0.717, 1.165) is 10.6 Å². The highest BCUT2D eigenvalue weighted by molar-refractivity contribution is 6.30. The zero-order chi connectivity index (χ0) is 21.3. The fourth-order valence-electron chi connectivity index (χ4n) is 2.74. The lowest BCUT2D eigenvalue weighted by Gasteiger charge is -2.08. The van der Waals surface area contributed by atoms with Crippen LogP contribution in [0.5, 0.6) is 0 Å². The topological polar surface area (TPSA) is 135 Å². The van der Waals surface area contributed by atoms with Crippen LogP contribution in [0.2, 0.25) is 5.02 Å². The molecule has 0 aliphatic carbocycles. The molecule has 0 radical (unpaired) electrons. The van der Waals surface area contributed by atoms with Crippen LogP contribution in [0.25, 0.3) is 11.2 Å². The first kappa shape index (κ1) is 20.1. The predicted octanol–water partition coefficient (Wildman–Crippen LogP) is 0.671. The van der Waals surface area contributed by atoms with Gasteiger partial charge in [-0.3, -0.25) is 24.0 Å². The van der Waals surface area contributed by atoms with Crippen molar-refractivity contribution in [3.05, 3.63) is 74.0 Å². The maximum absolute atomic E-state index is 12.4. The van der Waals surface area contributed by atoms with Gasteiger partial charge >= 0.3 is 5.69 Å². The number of hydrogen-bond donors (Lipinski definition) is 3. The lowest BCUT2D eigenvalue weighted by molar-refractivity contribution is -0.121. The van der Waals surface area contributed by atoms with Gasteiger partial charge in [-0.25, -0.2) is 9.78 Å². The second kappa shape index (κ2) is 7.76. The van der Waals surface area contributed by atoms with Crippen molar-refractivity contribution in [2.24, 2.45) is 14.1 Å². The normalized spacial score (nSPS) is 11.6. The third-order valence-electron chi connectivity index (χ3n) is 4.23. The Bertz CT molecular complexity index is 1270. The number of fused-ring (bicyclic) bond motifs is 1. The van der Waals surface area contributed by atoms with E-state index in [9.17, 15) is 19.5 Å². The molecule has 0 fully saturated rings. The molecule has 1 amide bonds. The van der Waals surface area contributed by atoms with Crippen LogP contribution in [-0.4, -0.2) is 35.4 Å². The van der Waals surface area contributed by atoms with E-state index in [-0.39, 0.29) is 23.4 Å². The first-order chi connectivity index (χ1) is 13.7. The van der Waals surface area contributed by atoms with Crippen LogP contribution in [0.3, 0.4) is 0 Å². The summed E-state index contributed by atoms with van der Waals surface area (Å²) in [5, 5.41) is 20.7. The van der Waals surface area contributed by atoms with Gasteiger partial charge in [0.15, 0.2) is 17.0 Å².